The number of ether oxygens (including phenoxy) is 1. The van der Waals surface area contributed by atoms with E-state index in [0.29, 0.717) is 12.0 Å². The normalized spacial score (nSPS) is 20.6. The molecule has 2 unspecified atom stereocenters. The van der Waals surface area contributed by atoms with Gasteiger partial charge in [-0.2, -0.15) is 0 Å². The molecule has 0 spiro atoms. The molecule has 1 N–H and O–H groups in total. The summed E-state index contributed by atoms with van der Waals surface area (Å²) in [5.74, 6) is 1.67. The third-order valence-corrected chi connectivity index (χ3v) is 4.29. The Morgan fingerprint density at radius 1 is 1.52 bits per heavy atom. The Kier molecular flexibility index (Phi) is 11.4. The first-order chi connectivity index (χ1) is 9.62. The predicted molar refractivity (Wildman–Crippen MR) is 101 cm³/mol. The fraction of sp³-hybridized carbons (Fsp3) is 0.933. The number of halogens is 1. The summed E-state index contributed by atoms with van der Waals surface area (Å²) in [6, 6.07) is 0.636. The summed E-state index contributed by atoms with van der Waals surface area (Å²) in [5, 5.41) is 3.48. The van der Waals surface area contributed by atoms with Gasteiger partial charge in [0.25, 0.3) is 0 Å². The van der Waals surface area contributed by atoms with Crippen molar-refractivity contribution < 1.29 is 4.74 Å². The van der Waals surface area contributed by atoms with E-state index >= 15 is 0 Å². The van der Waals surface area contributed by atoms with Gasteiger partial charge in [-0.15, -0.1) is 24.0 Å². The second kappa shape index (κ2) is 11.5. The zero-order valence-corrected chi connectivity index (χ0v) is 16.6. The van der Waals surface area contributed by atoms with Crippen molar-refractivity contribution in [2.75, 3.05) is 54.0 Å². The van der Waals surface area contributed by atoms with Crippen molar-refractivity contribution in [2.45, 2.75) is 32.7 Å². The van der Waals surface area contributed by atoms with Crippen LogP contribution in [0.25, 0.3) is 0 Å². The highest BCUT2D eigenvalue weighted by atomic mass is 127. The van der Waals surface area contributed by atoms with Crippen LogP contribution in [-0.4, -0.2) is 75.8 Å². The number of likely N-dealkylation sites (tertiary alicyclic amines) is 1. The fourth-order valence-electron chi connectivity index (χ4n) is 2.61. The largest absolute Gasteiger partial charge is 0.384 e. The van der Waals surface area contributed by atoms with Crippen LogP contribution in [-0.2, 0) is 4.74 Å². The molecule has 0 radical (unpaired) electrons. The van der Waals surface area contributed by atoms with Crippen molar-refractivity contribution >= 4 is 29.9 Å². The Bertz CT molecular complexity index is 301. The molecule has 1 fully saturated rings. The Morgan fingerprint density at radius 2 is 2.24 bits per heavy atom. The Balaban J connectivity index is 0.00000400. The molecular formula is C15H33IN4O. The minimum Gasteiger partial charge on any atom is -0.384 e. The maximum absolute atomic E-state index is 5.25. The summed E-state index contributed by atoms with van der Waals surface area (Å²) in [4.78, 5) is 9.13. The highest BCUT2D eigenvalue weighted by Gasteiger charge is 2.24. The van der Waals surface area contributed by atoms with E-state index in [1.165, 1.54) is 12.8 Å². The van der Waals surface area contributed by atoms with Crippen LogP contribution in [0.2, 0.25) is 0 Å². The Morgan fingerprint density at radius 3 is 2.81 bits per heavy atom. The van der Waals surface area contributed by atoms with Crippen LogP contribution in [0.1, 0.15) is 26.7 Å². The van der Waals surface area contributed by atoms with Gasteiger partial charge in [-0.1, -0.05) is 6.92 Å². The molecule has 1 aliphatic rings. The number of hydrogen-bond acceptors (Lipinski definition) is 3. The standard InChI is InChI=1S/C15H32N4O.HI/c1-6-13(2)18(4)10-8-17-15(16-3)19-9-7-14(11-19)12-20-5;/h13-14H,6-12H2,1-5H3,(H,16,17);1H. The van der Waals surface area contributed by atoms with E-state index in [1.807, 2.05) is 7.05 Å². The summed E-state index contributed by atoms with van der Waals surface area (Å²) in [6.45, 7) is 9.47. The lowest BCUT2D eigenvalue weighted by molar-refractivity contribution is 0.157. The number of nitrogens with zero attached hydrogens (tertiary/aromatic N) is 3. The zero-order chi connectivity index (χ0) is 15.0. The molecule has 0 saturated carbocycles. The summed E-state index contributed by atoms with van der Waals surface area (Å²) in [6.07, 6.45) is 2.39. The van der Waals surface area contributed by atoms with Crippen LogP contribution in [0.4, 0.5) is 0 Å². The molecule has 5 nitrogen and oxygen atoms in total. The second-order valence-electron chi connectivity index (χ2n) is 5.77. The van der Waals surface area contributed by atoms with Crippen molar-refractivity contribution in [3.8, 4) is 0 Å². The Hall–Kier alpha value is -0.0800. The highest BCUT2D eigenvalue weighted by Crippen LogP contribution is 2.16. The molecule has 126 valence electrons. The third-order valence-electron chi connectivity index (χ3n) is 4.29. The number of methoxy groups -OCH3 is 1. The minimum atomic E-state index is 0. The molecule has 0 aromatic carbocycles. The lowest BCUT2D eigenvalue weighted by atomic mass is 10.1. The van der Waals surface area contributed by atoms with E-state index in [1.54, 1.807) is 7.11 Å². The van der Waals surface area contributed by atoms with Crippen LogP contribution >= 0.6 is 24.0 Å². The van der Waals surface area contributed by atoms with Gasteiger partial charge >= 0.3 is 0 Å². The van der Waals surface area contributed by atoms with E-state index in [2.05, 4.69) is 41.0 Å². The van der Waals surface area contributed by atoms with E-state index < -0.39 is 0 Å². The number of guanidine groups is 1. The quantitative estimate of drug-likeness (QED) is 0.394. The number of aliphatic imine (C=N–C) groups is 1. The lowest BCUT2D eigenvalue weighted by Crippen LogP contribution is -2.44. The molecule has 0 aromatic rings. The van der Waals surface area contributed by atoms with E-state index in [0.717, 1.165) is 38.7 Å². The van der Waals surface area contributed by atoms with Crippen LogP contribution in [0.5, 0.6) is 0 Å². The van der Waals surface area contributed by atoms with Gasteiger partial charge in [0.2, 0.25) is 0 Å². The van der Waals surface area contributed by atoms with Gasteiger partial charge in [-0.05, 0) is 26.8 Å². The molecule has 1 heterocycles. The summed E-state index contributed by atoms with van der Waals surface area (Å²) >= 11 is 0. The molecule has 0 amide bonds. The van der Waals surface area contributed by atoms with E-state index in [4.69, 9.17) is 4.74 Å². The first-order valence-corrected chi connectivity index (χ1v) is 7.77. The molecule has 0 bridgehead atoms. The van der Waals surface area contributed by atoms with Crippen LogP contribution < -0.4 is 5.32 Å². The van der Waals surface area contributed by atoms with Gasteiger partial charge in [-0.25, -0.2) is 0 Å². The van der Waals surface area contributed by atoms with Crippen molar-refractivity contribution in [1.29, 1.82) is 0 Å². The van der Waals surface area contributed by atoms with Crippen molar-refractivity contribution in [2.24, 2.45) is 10.9 Å². The number of likely N-dealkylation sites (N-methyl/N-ethyl adjacent to an activating group) is 1. The second-order valence-corrected chi connectivity index (χ2v) is 5.77. The SMILES string of the molecule is CCC(C)N(C)CCNC(=NC)N1CCC(COC)C1.I. The van der Waals surface area contributed by atoms with E-state index in [-0.39, 0.29) is 24.0 Å². The lowest BCUT2D eigenvalue weighted by Gasteiger charge is -2.26. The van der Waals surface area contributed by atoms with E-state index in [9.17, 15) is 0 Å². The topological polar surface area (TPSA) is 40.1 Å². The molecule has 21 heavy (non-hydrogen) atoms. The molecule has 0 aromatic heterocycles. The summed E-state index contributed by atoms with van der Waals surface area (Å²) in [7, 11) is 5.83. The molecule has 1 rings (SSSR count). The molecule has 1 aliphatic heterocycles. The Labute approximate surface area is 147 Å². The molecule has 2 atom stereocenters. The smallest absolute Gasteiger partial charge is 0.193 e. The third kappa shape index (κ3) is 7.15. The van der Waals surface area contributed by atoms with Crippen molar-refractivity contribution in [1.82, 2.24) is 15.1 Å². The van der Waals surface area contributed by atoms with Gasteiger partial charge in [-0.3, -0.25) is 4.99 Å². The highest BCUT2D eigenvalue weighted by molar-refractivity contribution is 14.0. The van der Waals surface area contributed by atoms with Crippen LogP contribution in [0.15, 0.2) is 4.99 Å². The summed E-state index contributed by atoms with van der Waals surface area (Å²) in [5.41, 5.74) is 0. The van der Waals surface area contributed by atoms with Gasteiger partial charge in [0.05, 0.1) is 6.61 Å². The van der Waals surface area contributed by atoms with Gasteiger partial charge < -0.3 is 19.9 Å². The molecule has 6 heteroatoms. The van der Waals surface area contributed by atoms with Gasteiger partial charge in [0.1, 0.15) is 0 Å². The first-order valence-electron chi connectivity index (χ1n) is 7.77. The van der Waals surface area contributed by atoms with Crippen LogP contribution in [0, 0.1) is 5.92 Å². The average molecular weight is 412 g/mol. The summed E-state index contributed by atoms with van der Waals surface area (Å²) < 4.78 is 5.25. The maximum Gasteiger partial charge on any atom is 0.193 e. The van der Waals surface area contributed by atoms with Gasteiger partial charge in [0, 0.05) is 52.3 Å². The first kappa shape index (κ1) is 20.9. The molecular weight excluding hydrogens is 379 g/mol. The van der Waals surface area contributed by atoms with Crippen LogP contribution in [0.3, 0.4) is 0 Å². The van der Waals surface area contributed by atoms with Gasteiger partial charge in [0.15, 0.2) is 5.96 Å². The number of nitrogens with one attached hydrogen (secondary N) is 1. The number of rotatable bonds is 7. The molecule has 0 aliphatic carbocycles. The average Bonchev–Trinajstić information content (AvgIpc) is 2.91. The predicted octanol–water partition coefficient (Wildman–Crippen LogP) is 1.88. The zero-order valence-electron chi connectivity index (χ0n) is 14.3. The molecule has 1 saturated heterocycles. The minimum absolute atomic E-state index is 0. The van der Waals surface area contributed by atoms with Crippen molar-refractivity contribution in [3.05, 3.63) is 0 Å². The maximum atomic E-state index is 5.25. The fourth-order valence-corrected chi connectivity index (χ4v) is 2.61. The van der Waals surface area contributed by atoms with Crippen molar-refractivity contribution in [3.63, 3.8) is 0 Å². The number of hydrogen-bond donors (Lipinski definition) is 1. The monoisotopic (exact) mass is 412 g/mol.